The lowest BCUT2D eigenvalue weighted by Crippen LogP contribution is -2.46. The number of alkyl carbamates (subject to hydrolysis) is 1. The molecular formula is C30H32F3N5O4. The molecule has 0 atom stereocenters. The van der Waals surface area contributed by atoms with Gasteiger partial charge in [-0.3, -0.25) is 0 Å². The fourth-order valence-corrected chi connectivity index (χ4v) is 5.16. The van der Waals surface area contributed by atoms with Crippen molar-refractivity contribution in [3.8, 4) is 28.4 Å². The van der Waals surface area contributed by atoms with E-state index < -0.39 is 29.1 Å². The van der Waals surface area contributed by atoms with Gasteiger partial charge in [0.05, 0.1) is 41.6 Å². The van der Waals surface area contributed by atoms with E-state index >= 15 is 0 Å². The van der Waals surface area contributed by atoms with Crippen molar-refractivity contribution in [3.63, 3.8) is 0 Å². The first kappa shape index (κ1) is 29.2. The number of methoxy groups -OCH3 is 1. The number of amides is 1. The third-order valence-corrected chi connectivity index (χ3v) is 7.03. The molecule has 3 heterocycles. The van der Waals surface area contributed by atoms with Crippen molar-refractivity contribution >= 4 is 22.8 Å². The van der Waals surface area contributed by atoms with Crippen molar-refractivity contribution in [3.05, 3.63) is 59.5 Å². The summed E-state index contributed by atoms with van der Waals surface area (Å²) in [6, 6.07) is 5.94. The number of aromatic nitrogens is 3. The molecular weight excluding hydrogens is 551 g/mol. The van der Waals surface area contributed by atoms with E-state index in [0.717, 1.165) is 12.1 Å². The highest BCUT2D eigenvalue weighted by molar-refractivity contribution is 5.94. The molecule has 0 bridgehead atoms. The molecule has 0 unspecified atom stereocenters. The number of hydrogen-bond acceptors (Lipinski definition) is 7. The van der Waals surface area contributed by atoms with Crippen LogP contribution in [0.2, 0.25) is 0 Å². The highest BCUT2D eigenvalue weighted by Gasteiger charge is 2.30. The molecule has 1 aliphatic heterocycles. The van der Waals surface area contributed by atoms with Crippen LogP contribution in [-0.4, -0.2) is 58.0 Å². The molecule has 2 aromatic carbocycles. The Balaban J connectivity index is 1.62. The lowest BCUT2D eigenvalue weighted by Gasteiger charge is -2.36. The number of ether oxygens (including phenoxy) is 2. The maximum atomic E-state index is 14.6. The SMILES string of the molecule is COc1ncc(-c2nc3cc(F)c(F)cc3[nH]2)c(N2CCC(NC(=O)OC(C)(C)C)CC2)c1-c1cc(F)ccc1CO. The zero-order valence-corrected chi connectivity index (χ0v) is 23.7. The van der Waals surface area contributed by atoms with E-state index in [-0.39, 0.29) is 35.4 Å². The number of piperidine rings is 1. The van der Waals surface area contributed by atoms with Gasteiger partial charge in [-0.2, -0.15) is 0 Å². The van der Waals surface area contributed by atoms with Crippen molar-refractivity contribution in [1.82, 2.24) is 20.3 Å². The van der Waals surface area contributed by atoms with Gasteiger partial charge in [-0.15, -0.1) is 0 Å². The second-order valence-corrected chi connectivity index (χ2v) is 11.1. The molecule has 1 saturated heterocycles. The lowest BCUT2D eigenvalue weighted by molar-refractivity contribution is 0.0497. The van der Waals surface area contributed by atoms with Gasteiger partial charge in [0.2, 0.25) is 5.88 Å². The van der Waals surface area contributed by atoms with Gasteiger partial charge < -0.3 is 29.8 Å². The van der Waals surface area contributed by atoms with Crippen LogP contribution in [0.25, 0.3) is 33.5 Å². The fourth-order valence-electron chi connectivity index (χ4n) is 5.16. The topological polar surface area (TPSA) is 113 Å². The van der Waals surface area contributed by atoms with Gasteiger partial charge in [-0.25, -0.2) is 27.9 Å². The van der Waals surface area contributed by atoms with Gasteiger partial charge in [-0.1, -0.05) is 6.07 Å². The molecule has 4 aromatic rings. The number of hydrogen-bond donors (Lipinski definition) is 3. The fraction of sp³-hybridized carbons (Fsp3) is 0.367. The Hall–Kier alpha value is -4.32. The molecule has 12 heteroatoms. The monoisotopic (exact) mass is 583 g/mol. The first-order chi connectivity index (χ1) is 20.0. The first-order valence-electron chi connectivity index (χ1n) is 13.5. The number of halogens is 3. The number of aliphatic hydroxyl groups is 1. The predicted molar refractivity (Wildman–Crippen MR) is 152 cm³/mol. The Labute approximate surface area is 240 Å². The van der Waals surface area contributed by atoms with Gasteiger partial charge in [0.15, 0.2) is 11.6 Å². The van der Waals surface area contributed by atoms with Gasteiger partial charge in [0, 0.05) is 37.5 Å². The normalized spacial score (nSPS) is 14.3. The number of anilines is 1. The second-order valence-electron chi connectivity index (χ2n) is 11.1. The zero-order chi connectivity index (χ0) is 30.2. The lowest BCUT2D eigenvalue weighted by atomic mass is 9.94. The van der Waals surface area contributed by atoms with Gasteiger partial charge in [0.25, 0.3) is 0 Å². The number of aliphatic hydroxyl groups excluding tert-OH is 1. The quantitative estimate of drug-likeness (QED) is 0.267. The molecule has 0 spiro atoms. The van der Waals surface area contributed by atoms with Crippen LogP contribution >= 0.6 is 0 Å². The van der Waals surface area contributed by atoms with Crippen LogP contribution in [0, 0.1) is 17.5 Å². The van der Waals surface area contributed by atoms with Crippen LogP contribution in [0.4, 0.5) is 23.7 Å². The predicted octanol–water partition coefficient (Wildman–Crippen LogP) is 5.70. The van der Waals surface area contributed by atoms with E-state index in [4.69, 9.17) is 9.47 Å². The summed E-state index contributed by atoms with van der Waals surface area (Å²) in [7, 11) is 1.44. The van der Waals surface area contributed by atoms with E-state index in [1.165, 1.54) is 31.5 Å². The molecule has 222 valence electrons. The molecule has 42 heavy (non-hydrogen) atoms. The second kappa shape index (κ2) is 11.5. The minimum Gasteiger partial charge on any atom is -0.480 e. The molecule has 0 radical (unpaired) electrons. The van der Waals surface area contributed by atoms with E-state index in [1.807, 2.05) is 4.90 Å². The molecule has 9 nitrogen and oxygen atoms in total. The Morgan fingerprint density at radius 3 is 2.50 bits per heavy atom. The van der Waals surface area contributed by atoms with Crippen LogP contribution in [0.5, 0.6) is 5.88 Å². The smallest absolute Gasteiger partial charge is 0.407 e. The zero-order valence-electron chi connectivity index (χ0n) is 23.7. The number of H-pyrrole nitrogens is 1. The standard InChI is InChI=1S/C30H32F3N5O4/c1-30(2,3)42-29(40)35-18-7-9-38(10-8-18)26-20(27-36-23-12-21(32)22(33)13-24(23)37-27)14-34-28(41-4)25(26)19-11-17(31)6-5-16(19)15-39/h5-6,11-14,18,39H,7-10,15H2,1-4H3,(H,35,40)(H,36,37). The Morgan fingerprint density at radius 1 is 1.12 bits per heavy atom. The highest BCUT2D eigenvalue weighted by Crippen LogP contribution is 2.45. The van der Waals surface area contributed by atoms with Crippen LogP contribution in [0.15, 0.2) is 36.5 Å². The van der Waals surface area contributed by atoms with Crippen LogP contribution in [0.1, 0.15) is 39.2 Å². The molecule has 3 N–H and O–H groups in total. The number of fused-ring (bicyclic) bond motifs is 1. The molecule has 0 saturated carbocycles. The maximum Gasteiger partial charge on any atom is 0.407 e. The first-order valence-corrected chi connectivity index (χ1v) is 13.5. The summed E-state index contributed by atoms with van der Waals surface area (Å²) in [4.78, 5) is 26.5. The molecule has 2 aromatic heterocycles. The van der Waals surface area contributed by atoms with Crippen LogP contribution in [0.3, 0.4) is 0 Å². The van der Waals surface area contributed by atoms with Crippen molar-refractivity contribution in [1.29, 1.82) is 0 Å². The summed E-state index contributed by atoms with van der Waals surface area (Å²) in [6.45, 7) is 5.96. The van der Waals surface area contributed by atoms with Crippen molar-refractivity contribution in [2.75, 3.05) is 25.1 Å². The number of pyridine rings is 1. The number of carbonyl (C=O) groups is 1. The Morgan fingerprint density at radius 2 is 1.83 bits per heavy atom. The summed E-state index contributed by atoms with van der Waals surface area (Å²) in [5, 5.41) is 13.0. The average Bonchev–Trinajstić information content (AvgIpc) is 3.34. The Kier molecular flexibility index (Phi) is 8.00. The highest BCUT2D eigenvalue weighted by atomic mass is 19.2. The number of nitrogens with one attached hydrogen (secondary N) is 2. The van der Waals surface area contributed by atoms with Crippen molar-refractivity contribution < 1.29 is 32.5 Å². The molecule has 0 aliphatic carbocycles. The van der Waals surface area contributed by atoms with Gasteiger partial charge >= 0.3 is 6.09 Å². The minimum absolute atomic E-state index is 0.147. The molecule has 5 rings (SSSR count). The number of carbonyl (C=O) groups excluding carboxylic acids is 1. The minimum atomic E-state index is -1.03. The van der Waals surface area contributed by atoms with E-state index in [0.29, 0.717) is 53.9 Å². The summed E-state index contributed by atoms with van der Waals surface area (Å²) in [5.41, 5.74) is 2.19. The van der Waals surface area contributed by atoms with E-state index in [1.54, 1.807) is 20.8 Å². The Bertz CT molecular complexity index is 1590. The number of rotatable bonds is 6. The molecule has 1 amide bonds. The third-order valence-electron chi connectivity index (χ3n) is 7.03. The van der Waals surface area contributed by atoms with Gasteiger partial charge in [-0.05, 0) is 56.9 Å². The van der Waals surface area contributed by atoms with E-state index in [2.05, 4.69) is 20.3 Å². The maximum absolute atomic E-state index is 14.6. The summed E-state index contributed by atoms with van der Waals surface area (Å²) < 4.78 is 53.6. The van der Waals surface area contributed by atoms with Gasteiger partial charge in [0.1, 0.15) is 17.2 Å². The molecule has 1 aliphatic rings. The number of imidazole rings is 1. The molecule has 1 fully saturated rings. The summed E-state index contributed by atoms with van der Waals surface area (Å²) in [6.07, 6.45) is 2.16. The van der Waals surface area contributed by atoms with Crippen molar-refractivity contribution in [2.45, 2.75) is 51.9 Å². The number of benzene rings is 2. The van der Waals surface area contributed by atoms with Crippen LogP contribution in [-0.2, 0) is 11.3 Å². The summed E-state index contributed by atoms with van der Waals surface area (Å²) in [5.74, 6) is -2.08. The van der Waals surface area contributed by atoms with E-state index in [9.17, 15) is 23.1 Å². The summed E-state index contributed by atoms with van der Waals surface area (Å²) >= 11 is 0. The number of aromatic amines is 1. The number of nitrogens with zero attached hydrogens (tertiary/aromatic N) is 3. The van der Waals surface area contributed by atoms with Crippen molar-refractivity contribution in [2.24, 2.45) is 0 Å². The average molecular weight is 584 g/mol. The van der Waals surface area contributed by atoms with Crippen LogP contribution < -0.4 is 15.0 Å². The largest absolute Gasteiger partial charge is 0.480 e. The third kappa shape index (κ3) is 5.98.